The number of H-pyrrole nitrogens is 1. The molecule has 1 atom stereocenters. The van der Waals surface area contributed by atoms with Gasteiger partial charge in [-0.2, -0.15) is 0 Å². The van der Waals surface area contributed by atoms with E-state index in [0.717, 1.165) is 10.9 Å². The number of fused-ring (bicyclic) bond motifs is 1. The van der Waals surface area contributed by atoms with Crippen molar-refractivity contribution >= 4 is 32.8 Å². The zero-order valence-electron chi connectivity index (χ0n) is 8.71. The van der Waals surface area contributed by atoms with Crippen LogP contribution in [0.5, 0.6) is 0 Å². The third-order valence-corrected chi connectivity index (χ3v) is 3.17. The highest BCUT2D eigenvalue weighted by Gasteiger charge is 2.15. The summed E-state index contributed by atoms with van der Waals surface area (Å²) in [6.45, 7) is 0. The second-order valence-corrected chi connectivity index (χ2v) is 4.63. The van der Waals surface area contributed by atoms with Crippen molar-refractivity contribution in [2.45, 2.75) is 12.5 Å². The highest BCUT2D eigenvalue weighted by atomic mass is 79.9. The van der Waals surface area contributed by atoms with E-state index in [1.54, 1.807) is 12.3 Å². The molecule has 17 heavy (non-hydrogen) atoms. The quantitative estimate of drug-likeness (QED) is 0.811. The van der Waals surface area contributed by atoms with Gasteiger partial charge in [0.2, 0.25) is 0 Å². The lowest BCUT2D eigenvalue weighted by atomic mass is 10.1. The summed E-state index contributed by atoms with van der Waals surface area (Å²) in [5.74, 6) is -1.42. The number of hydrogen-bond acceptors (Lipinski definition) is 2. The fourth-order valence-electron chi connectivity index (χ4n) is 1.67. The number of rotatable bonds is 3. The molecule has 0 radical (unpaired) electrons. The van der Waals surface area contributed by atoms with E-state index in [1.807, 2.05) is 0 Å². The summed E-state index contributed by atoms with van der Waals surface area (Å²) in [7, 11) is 0. The lowest BCUT2D eigenvalue weighted by Crippen LogP contribution is -2.32. The van der Waals surface area contributed by atoms with E-state index in [4.69, 9.17) is 10.8 Å². The number of halogens is 2. The minimum absolute atomic E-state index is 0.202. The molecule has 0 aliphatic carbocycles. The first kappa shape index (κ1) is 12.1. The Balaban J connectivity index is 2.42. The van der Waals surface area contributed by atoms with Gasteiger partial charge in [0.25, 0.3) is 0 Å². The number of aromatic amines is 1. The van der Waals surface area contributed by atoms with Gasteiger partial charge in [-0.1, -0.05) is 0 Å². The van der Waals surface area contributed by atoms with Gasteiger partial charge in [-0.05, 0) is 33.6 Å². The minimum Gasteiger partial charge on any atom is -0.480 e. The number of carboxylic acids is 1. The summed E-state index contributed by atoms with van der Waals surface area (Å²) in [5, 5.41) is 9.52. The number of nitrogens with one attached hydrogen (secondary N) is 1. The lowest BCUT2D eigenvalue weighted by Gasteiger charge is -2.05. The maximum atomic E-state index is 13.3. The van der Waals surface area contributed by atoms with Gasteiger partial charge < -0.3 is 15.8 Å². The molecule has 1 aromatic carbocycles. The van der Waals surface area contributed by atoms with Crippen LogP contribution in [0.15, 0.2) is 22.8 Å². The largest absolute Gasteiger partial charge is 0.480 e. The first-order valence-electron chi connectivity index (χ1n) is 4.92. The van der Waals surface area contributed by atoms with Gasteiger partial charge in [-0.3, -0.25) is 4.79 Å². The minimum atomic E-state index is -1.06. The van der Waals surface area contributed by atoms with Gasteiger partial charge in [-0.15, -0.1) is 0 Å². The zero-order valence-corrected chi connectivity index (χ0v) is 10.3. The molecule has 0 amide bonds. The van der Waals surface area contributed by atoms with Crippen molar-refractivity contribution in [3.8, 4) is 0 Å². The van der Waals surface area contributed by atoms with Crippen molar-refractivity contribution in [1.29, 1.82) is 0 Å². The lowest BCUT2D eigenvalue weighted by molar-refractivity contribution is -0.138. The number of aliphatic carboxylic acids is 1. The molecular weight excluding hydrogens is 291 g/mol. The molecule has 0 fully saturated rings. The molecule has 0 spiro atoms. The average Bonchev–Trinajstić information content (AvgIpc) is 2.62. The highest BCUT2D eigenvalue weighted by molar-refractivity contribution is 9.10. The monoisotopic (exact) mass is 300 g/mol. The summed E-state index contributed by atoms with van der Waals surface area (Å²) < 4.78 is 13.6. The smallest absolute Gasteiger partial charge is 0.320 e. The average molecular weight is 301 g/mol. The Bertz CT molecular complexity index is 582. The second-order valence-electron chi connectivity index (χ2n) is 3.77. The van der Waals surface area contributed by atoms with Crippen LogP contribution in [0.4, 0.5) is 4.39 Å². The van der Waals surface area contributed by atoms with Crippen LogP contribution in [0, 0.1) is 5.82 Å². The summed E-state index contributed by atoms with van der Waals surface area (Å²) >= 11 is 3.09. The summed E-state index contributed by atoms with van der Waals surface area (Å²) in [4.78, 5) is 13.6. The summed E-state index contributed by atoms with van der Waals surface area (Å²) in [5.41, 5.74) is 6.85. The molecule has 90 valence electrons. The van der Waals surface area contributed by atoms with Crippen LogP contribution in [0.2, 0.25) is 0 Å². The molecule has 0 aliphatic heterocycles. The number of aromatic nitrogens is 1. The van der Waals surface area contributed by atoms with Gasteiger partial charge in [0.15, 0.2) is 0 Å². The molecule has 0 bridgehead atoms. The van der Waals surface area contributed by atoms with Gasteiger partial charge in [0, 0.05) is 23.5 Å². The Morgan fingerprint density at radius 1 is 1.59 bits per heavy atom. The van der Waals surface area contributed by atoms with E-state index in [0.29, 0.717) is 9.99 Å². The zero-order chi connectivity index (χ0) is 12.6. The number of carboxylic acid groups (broad SMARTS) is 1. The second kappa shape index (κ2) is 4.46. The van der Waals surface area contributed by atoms with Gasteiger partial charge in [-0.25, -0.2) is 4.39 Å². The maximum Gasteiger partial charge on any atom is 0.320 e. The fourth-order valence-corrected chi connectivity index (χ4v) is 2.01. The molecule has 2 aromatic rings. The van der Waals surface area contributed by atoms with Crippen molar-refractivity contribution in [2.24, 2.45) is 5.73 Å². The predicted octanol–water partition coefficient (Wildman–Crippen LogP) is 2.02. The molecule has 4 nitrogen and oxygen atoms in total. The van der Waals surface area contributed by atoms with Crippen molar-refractivity contribution < 1.29 is 14.3 Å². The third-order valence-electron chi connectivity index (χ3n) is 2.57. The Morgan fingerprint density at radius 2 is 2.29 bits per heavy atom. The predicted molar refractivity (Wildman–Crippen MR) is 65.3 cm³/mol. The number of carbonyl (C=O) groups is 1. The molecule has 0 saturated heterocycles. The van der Waals surface area contributed by atoms with Crippen LogP contribution in [0.25, 0.3) is 10.9 Å². The molecule has 0 saturated carbocycles. The van der Waals surface area contributed by atoms with Crippen molar-refractivity contribution in [3.05, 3.63) is 34.2 Å². The molecule has 0 aliphatic rings. The molecule has 4 N–H and O–H groups in total. The molecule has 1 aromatic heterocycles. The Morgan fingerprint density at radius 3 is 2.94 bits per heavy atom. The van der Waals surface area contributed by atoms with Gasteiger partial charge >= 0.3 is 5.97 Å². The number of hydrogen-bond donors (Lipinski definition) is 3. The van der Waals surface area contributed by atoms with Crippen LogP contribution in [0.3, 0.4) is 0 Å². The fraction of sp³-hybridized carbons (Fsp3) is 0.182. The van der Waals surface area contributed by atoms with Crippen molar-refractivity contribution in [3.63, 3.8) is 0 Å². The molecule has 2 rings (SSSR count). The topological polar surface area (TPSA) is 79.1 Å². The Labute approximate surface area is 105 Å². The van der Waals surface area contributed by atoms with Crippen LogP contribution in [0.1, 0.15) is 5.56 Å². The number of benzene rings is 1. The Hall–Kier alpha value is -1.40. The molecule has 0 unspecified atom stereocenters. The number of nitrogens with two attached hydrogens (primary N) is 1. The highest BCUT2D eigenvalue weighted by Crippen LogP contribution is 2.26. The molecule has 6 heteroatoms. The van der Waals surface area contributed by atoms with Crippen LogP contribution in [-0.4, -0.2) is 22.1 Å². The normalized spacial score (nSPS) is 12.9. The van der Waals surface area contributed by atoms with E-state index in [1.165, 1.54) is 6.07 Å². The van der Waals surface area contributed by atoms with Crippen LogP contribution < -0.4 is 5.73 Å². The van der Waals surface area contributed by atoms with Crippen molar-refractivity contribution in [2.75, 3.05) is 0 Å². The van der Waals surface area contributed by atoms with E-state index >= 15 is 0 Å². The maximum absolute atomic E-state index is 13.3. The van der Waals surface area contributed by atoms with E-state index in [2.05, 4.69) is 20.9 Å². The van der Waals surface area contributed by atoms with E-state index in [9.17, 15) is 9.18 Å². The summed E-state index contributed by atoms with van der Waals surface area (Å²) in [6, 6.07) is 2.01. The Kier molecular flexibility index (Phi) is 3.17. The van der Waals surface area contributed by atoms with Gasteiger partial charge in [0.05, 0.1) is 4.47 Å². The third kappa shape index (κ3) is 2.32. The van der Waals surface area contributed by atoms with Crippen LogP contribution >= 0.6 is 15.9 Å². The van der Waals surface area contributed by atoms with Crippen molar-refractivity contribution in [1.82, 2.24) is 4.98 Å². The van der Waals surface area contributed by atoms with Gasteiger partial charge in [0.1, 0.15) is 11.9 Å². The van der Waals surface area contributed by atoms with E-state index in [-0.39, 0.29) is 12.2 Å². The van der Waals surface area contributed by atoms with Crippen LogP contribution in [-0.2, 0) is 11.2 Å². The summed E-state index contributed by atoms with van der Waals surface area (Å²) in [6.07, 6.45) is 1.85. The first-order chi connectivity index (χ1) is 7.99. The SMILES string of the molecule is N[C@@H](Cc1c[nH]c2cc(F)c(Br)cc12)C(=O)O. The first-order valence-corrected chi connectivity index (χ1v) is 5.71. The van der Waals surface area contributed by atoms with E-state index < -0.39 is 12.0 Å². The standard InChI is InChI=1S/C11H10BrFN2O2/c12-7-2-6-5(1-9(14)11(16)17)4-15-10(6)3-8(7)13/h2-4,9,15H,1,14H2,(H,16,17)/t9-/m0/s1. The molecule has 1 heterocycles. The molecular formula is C11H10BrFN2O2.